The molecular weight excluding hydrogens is 358 g/mol. The van der Waals surface area contributed by atoms with E-state index in [9.17, 15) is 0 Å². The van der Waals surface area contributed by atoms with E-state index in [1.807, 2.05) is 0 Å². The maximum absolute atomic E-state index is 6.24. The Bertz CT molecular complexity index is 837. The summed E-state index contributed by atoms with van der Waals surface area (Å²) in [6.45, 7) is 17.3. The van der Waals surface area contributed by atoms with Crippen molar-refractivity contribution in [2.24, 2.45) is 0 Å². The SMILES string of the molecule is CCCCCCCCn1nnc2c1-c1cc(C(C)(C)C)cc(C(C)(C)C)c1OC2. The molecule has 1 aromatic carbocycles. The second-order valence-corrected chi connectivity index (χ2v) is 10.6. The van der Waals surface area contributed by atoms with Gasteiger partial charge < -0.3 is 4.74 Å². The van der Waals surface area contributed by atoms with E-state index in [4.69, 9.17) is 4.74 Å². The van der Waals surface area contributed by atoms with Crippen molar-refractivity contribution in [3.63, 3.8) is 0 Å². The fourth-order valence-corrected chi connectivity index (χ4v) is 4.03. The second-order valence-electron chi connectivity index (χ2n) is 10.6. The summed E-state index contributed by atoms with van der Waals surface area (Å²) in [4.78, 5) is 0. The monoisotopic (exact) mass is 397 g/mol. The number of ether oxygens (including phenoxy) is 1. The van der Waals surface area contributed by atoms with Gasteiger partial charge in [-0.3, -0.25) is 0 Å². The van der Waals surface area contributed by atoms with Gasteiger partial charge in [-0.2, -0.15) is 0 Å². The van der Waals surface area contributed by atoms with Crippen LogP contribution in [0.2, 0.25) is 0 Å². The van der Waals surface area contributed by atoms with Crippen molar-refractivity contribution in [1.82, 2.24) is 15.0 Å². The molecule has 0 spiro atoms. The van der Waals surface area contributed by atoms with E-state index >= 15 is 0 Å². The third kappa shape index (κ3) is 4.84. The van der Waals surface area contributed by atoms with Crippen molar-refractivity contribution in [2.75, 3.05) is 0 Å². The molecule has 0 saturated heterocycles. The Kier molecular flexibility index (Phi) is 6.40. The van der Waals surface area contributed by atoms with Crippen LogP contribution in [0.3, 0.4) is 0 Å². The van der Waals surface area contributed by atoms with Gasteiger partial charge in [0.25, 0.3) is 0 Å². The molecule has 0 bridgehead atoms. The molecule has 0 unspecified atom stereocenters. The molecule has 0 amide bonds. The molecule has 0 radical (unpaired) electrons. The van der Waals surface area contributed by atoms with E-state index in [1.165, 1.54) is 48.8 Å². The van der Waals surface area contributed by atoms with Gasteiger partial charge in [0.05, 0.1) is 5.69 Å². The van der Waals surface area contributed by atoms with Gasteiger partial charge in [-0.15, -0.1) is 5.10 Å². The number of nitrogens with zero attached hydrogens (tertiary/aromatic N) is 3. The minimum absolute atomic E-state index is 0.0143. The van der Waals surface area contributed by atoms with Crippen LogP contribution < -0.4 is 4.74 Å². The Morgan fingerprint density at radius 3 is 2.28 bits per heavy atom. The second kappa shape index (κ2) is 8.49. The van der Waals surface area contributed by atoms with E-state index in [1.54, 1.807) is 0 Å². The first-order valence-corrected chi connectivity index (χ1v) is 11.4. The summed E-state index contributed by atoms with van der Waals surface area (Å²) in [5, 5.41) is 8.96. The molecule has 0 atom stereocenters. The number of rotatable bonds is 7. The zero-order valence-corrected chi connectivity index (χ0v) is 19.6. The predicted octanol–water partition coefficient (Wildman–Crippen LogP) is 6.79. The van der Waals surface area contributed by atoms with Crippen molar-refractivity contribution >= 4 is 0 Å². The lowest BCUT2D eigenvalue weighted by Crippen LogP contribution is -2.20. The molecule has 0 fully saturated rings. The van der Waals surface area contributed by atoms with Crippen LogP contribution >= 0.6 is 0 Å². The summed E-state index contributed by atoms with van der Waals surface area (Å²) in [7, 11) is 0. The highest BCUT2D eigenvalue weighted by Crippen LogP contribution is 2.45. The van der Waals surface area contributed by atoms with E-state index in [0.717, 1.165) is 30.1 Å². The average Bonchev–Trinajstić information content (AvgIpc) is 3.05. The minimum Gasteiger partial charge on any atom is -0.486 e. The smallest absolute Gasteiger partial charge is 0.134 e. The van der Waals surface area contributed by atoms with Gasteiger partial charge in [-0.05, 0) is 28.9 Å². The molecule has 2 aromatic rings. The molecule has 1 aliphatic rings. The third-order valence-corrected chi connectivity index (χ3v) is 5.90. The van der Waals surface area contributed by atoms with Crippen molar-refractivity contribution in [3.8, 4) is 17.0 Å². The molecule has 0 saturated carbocycles. The number of fused-ring (bicyclic) bond motifs is 3. The number of aryl methyl sites for hydroxylation is 1. The highest BCUT2D eigenvalue weighted by atomic mass is 16.5. The van der Waals surface area contributed by atoms with Gasteiger partial charge >= 0.3 is 0 Å². The van der Waals surface area contributed by atoms with Gasteiger partial charge in [-0.25, -0.2) is 4.68 Å². The van der Waals surface area contributed by atoms with Gasteiger partial charge in [0, 0.05) is 17.7 Å². The maximum atomic E-state index is 6.24. The summed E-state index contributed by atoms with van der Waals surface area (Å²) >= 11 is 0. The Hall–Kier alpha value is -1.84. The largest absolute Gasteiger partial charge is 0.486 e. The first kappa shape index (κ1) is 21.9. The van der Waals surface area contributed by atoms with E-state index in [-0.39, 0.29) is 10.8 Å². The molecule has 1 aliphatic heterocycles. The molecule has 160 valence electrons. The van der Waals surface area contributed by atoms with Crippen LogP contribution in [-0.2, 0) is 24.0 Å². The fourth-order valence-electron chi connectivity index (χ4n) is 4.03. The summed E-state index contributed by atoms with van der Waals surface area (Å²) in [5.74, 6) is 1.02. The topological polar surface area (TPSA) is 39.9 Å². The van der Waals surface area contributed by atoms with Gasteiger partial charge in [0.2, 0.25) is 0 Å². The first-order valence-electron chi connectivity index (χ1n) is 11.4. The van der Waals surface area contributed by atoms with Crippen LogP contribution in [0.5, 0.6) is 5.75 Å². The maximum Gasteiger partial charge on any atom is 0.134 e. The molecule has 29 heavy (non-hydrogen) atoms. The first-order chi connectivity index (χ1) is 13.6. The van der Waals surface area contributed by atoms with E-state index in [0.29, 0.717) is 6.61 Å². The number of benzene rings is 1. The van der Waals surface area contributed by atoms with Crippen molar-refractivity contribution in [1.29, 1.82) is 0 Å². The lowest BCUT2D eigenvalue weighted by atomic mass is 9.78. The van der Waals surface area contributed by atoms with Crippen LogP contribution in [0.15, 0.2) is 12.1 Å². The van der Waals surface area contributed by atoms with Crippen molar-refractivity contribution in [3.05, 3.63) is 29.0 Å². The van der Waals surface area contributed by atoms with E-state index in [2.05, 4.69) is 75.6 Å². The lowest BCUT2D eigenvalue weighted by Gasteiger charge is -2.31. The zero-order chi connectivity index (χ0) is 21.2. The lowest BCUT2D eigenvalue weighted by molar-refractivity contribution is 0.288. The molecule has 4 nitrogen and oxygen atoms in total. The highest BCUT2D eigenvalue weighted by Gasteiger charge is 2.32. The van der Waals surface area contributed by atoms with E-state index < -0.39 is 0 Å². The van der Waals surface area contributed by atoms with Gasteiger partial charge in [0.1, 0.15) is 18.1 Å². The Morgan fingerprint density at radius 2 is 1.62 bits per heavy atom. The molecule has 3 rings (SSSR count). The van der Waals surface area contributed by atoms with Crippen LogP contribution in [0, 0.1) is 0 Å². The van der Waals surface area contributed by atoms with Crippen LogP contribution in [0.4, 0.5) is 0 Å². The van der Waals surface area contributed by atoms with Crippen LogP contribution in [-0.4, -0.2) is 15.0 Å². The van der Waals surface area contributed by atoms with Crippen molar-refractivity contribution < 1.29 is 4.74 Å². The number of unbranched alkanes of at least 4 members (excludes halogenated alkanes) is 5. The molecule has 2 heterocycles. The molecular formula is C25H39N3O. The Balaban J connectivity index is 1.95. The highest BCUT2D eigenvalue weighted by molar-refractivity contribution is 5.75. The normalized spacial score (nSPS) is 13.8. The van der Waals surface area contributed by atoms with Gasteiger partial charge in [0.15, 0.2) is 0 Å². The molecule has 4 heteroatoms. The third-order valence-electron chi connectivity index (χ3n) is 5.90. The molecule has 0 aliphatic carbocycles. The standard InChI is InChI=1S/C25H39N3O/c1-8-9-10-11-12-13-14-28-22-19-15-18(24(2,3)4)16-20(25(5,6)7)23(19)29-17-21(22)26-27-28/h15-16H,8-14,17H2,1-7H3. The van der Waals surface area contributed by atoms with Crippen LogP contribution in [0.25, 0.3) is 11.3 Å². The quantitative estimate of drug-likeness (QED) is 0.483. The number of hydrogen-bond acceptors (Lipinski definition) is 3. The Morgan fingerprint density at radius 1 is 0.931 bits per heavy atom. The average molecular weight is 398 g/mol. The number of hydrogen-bond donors (Lipinski definition) is 0. The zero-order valence-electron chi connectivity index (χ0n) is 19.6. The molecule has 1 aromatic heterocycles. The molecule has 0 N–H and O–H groups in total. The predicted molar refractivity (Wildman–Crippen MR) is 121 cm³/mol. The number of aromatic nitrogens is 3. The summed E-state index contributed by atoms with van der Waals surface area (Å²) in [6, 6.07) is 4.65. The minimum atomic E-state index is 0.0143. The summed E-state index contributed by atoms with van der Waals surface area (Å²) in [6.07, 6.45) is 7.70. The Labute approximate surface area is 177 Å². The summed E-state index contributed by atoms with van der Waals surface area (Å²) < 4.78 is 8.36. The fraction of sp³-hybridized carbons (Fsp3) is 0.680. The summed E-state index contributed by atoms with van der Waals surface area (Å²) in [5.41, 5.74) is 6.00. The van der Waals surface area contributed by atoms with Crippen molar-refractivity contribution in [2.45, 2.75) is 111 Å². The van der Waals surface area contributed by atoms with Gasteiger partial charge in [-0.1, -0.05) is 91.9 Å². The van der Waals surface area contributed by atoms with Crippen LogP contribution in [0.1, 0.15) is 104 Å².